The second-order valence-electron chi connectivity index (χ2n) is 6.18. The fourth-order valence-corrected chi connectivity index (χ4v) is 2.99. The standard InChI is InChI=1S/C21H22N2/c1-23(2)15-16-12-13-18(14-16)19-10-6-7-11-20(19)21(22)17-8-4-3-5-9-17/h3-12,14,22H,13,15H2,1-2H3. The van der Waals surface area contributed by atoms with E-state index < -0.39 is 0 Å². The van der Waals surface area contributed by atoms with E-state index in [1.165, 1.54) is 16.7 Å². The van der Waals surface area contributed by atoms with Crippen molar-refractivity contribution in [2.75, 3.05) is 20.6 Å². The Morgan fingerprint density at radius 2 is 1.70 bits per heavy atom. The Kier molecular flexibility index (Phi) is 4.54. The molecule has 0 saturated carbocycles. The highest BCUT2D eigenvalue weighted by Crippen LogP contribution is 2.30. The van der Waals surface area contributed by atoms with Gasteiger partial charge in [0.15, 0.2) is 0 Å². The molecule has 2 heteroatoms. The first-order chi connectivity index (χ1) is 11.1. The second kappa shape index (κ2) is 6.76. The van der Waals surface area contributed by atoms with Crippen LogP contribution in [0, 0.1) is 5.41 Å². The molecule has 3 rings (SSSR count). The Morgan fingerprint density at radius 3 is 2.43 bits per heavy atom. The van der Waals surface area contributed by atoms with Gasteiger partial charge in [0.1, 0.15) is 0 Å². The minimum Gasteiger partial charge on any atom is -0.305 e. The second-order valence-corrected chi connectivity index (χ2v) is 6.18. The van der Waals surface area contributed by atoms with Gasteiger partial charge in [0, 0.05) is 17.7 Å². The SMILES string of the molecule is CN(C)CC1=CCC(c2ccccc2C(=N)c2ccccc2)=C1. The number of likely N-dealkylation sites (N-methyl/N-ethyl adjacent to an activating group) is 1. The predicted molar refractivity (Wildman–Crippen MR) is 98.0 cm³/mol. The molecule has 2 aromatic rings. The summed E-state index contributed by atoms with van der Waals surface area (Å²) in [4.78, 5) is 2.18. The van der Waals surface area contributed by atoms with Crippen LogP contribution < -0.4 is 0 Å². The molecule has 0 amide bonds. The Labute approximate surface area is 138 Å². The topological polar surface area (TPSA) is 27.1 Å². The Bertz CT molecular complexity index is 767. The summed E-state index contributed by atoms with van der Waals surface area (Å²) >= 11 is 0. The summed E-state index contributed by atoms with van der Waals surface area (Å²) in [6, 6.07) is 18.2. The van der Waals surface area contributed by atoms with Crippen molar-refractivity contribution in [3.8, 4) is 0 Å². The molecule has 0 heterocycles. The van der Waals surface area contributed by atoms with E-state index in [1.807, 2.05) is 36.4 Å². The molecule has 0 aromatic heterocycles. The number of hydrogen-bond acceptors (Lipinski definition) is 2. The van der Waals surface area contributed by atoms with Gasteiger partial charge in [0.05, 0.1) is 5.71 Å². The first-order valence-corrected chi connectivity index (χ1v) is 7.93. The van der Waals surface area contributed by atoms with Gasteiger partial charge >= 0.3 is 0 Å². The molecule has 0 unspecified atom stereocenters. The van der Waals surface area contributed by atoms with Crippen molar-refractivity contribution < 1.29 is 0 Å². The Morgan fingerprint density at radius 1 is 1.00 bits per heavy atom. The van der Waals surface area contributed by atoms with Gasteiger partial charge in [-0.25, -0.2) is 0 Å². The molecule has 23 heavy (non-hydrogen) atoms. The molecule has 0 atom stereocenters. The van der Waals surface area contributed by atoms with Crippen LogP contribution in [0.2, 0.25) is 0 Å². The molecule has 116 valence electrons. The van der Waals surface area contributed by atoms with Crippen LogP contribution in [0.3, 0.4) is 0 Å². The van der Waals surface area contributed by atoms with Gasteiger partial charge in [0.25, 0.3) is 0 Å². The van der Waals surface area contributed by atoms with Gasteiger partial charge in [-0.1, -0.05) is 66.7 Å². The van der Waals surface area contributed by atoms with Crippen LogP contribution in [0.25, 0.3) is 5.57 Å². The maximum absolute atomic E-state index is 8.59. The smallest absolute Gasteiger partial charge is 0.0690 e. The van der Waals surface area contributed by atoms with E-state index in [-0.39, 0.29) is 0 Å². The molecular weight excluding hydrogens is 280 g/mol. The Hall–Kier alpha value is -2.45. The lowest BCUT2D eigenvalue weighted by Crippen LogP contribution is -2.13. The van der Waals surface area contributed by atoms with Gasteiger partial charge < -0.3 is 4.90 Å². The average molecular weight is 302 g/mol. The highest BCUT2D eigenvalue weighted by molar-refractivity contribution is 6.13. The molecule has 1 N–H and O–H groups in total. The quantitative estimate of drug-likeness (QED) is 0.815. The van der Waals surface area contributed by atoms with Crippen molar-refractivity contribution in [3.63, 3.8) is 0 Å². The van der Waals surface area contributed by atoms with Crippen molar-refractivity contribution in [1.29, 1.82) is 5.41 Å². The van der Waals surface area contributed by atoms with Crippen LogP contribution in [-0.2, 0) is 0 Å². The van der Waals surface area contributed by atoms with E-state index in [0.717, 1.165) is 24.1 Å². The third-order valence-corrected chi connectivity index (χ3v) is 4.05. The summed E-state index contributed by atoms with van der Waals surface area (Å²) in [5, 5.41) is 8.59. The van der Waals surface area contributed by atoms with E-state index in [0.29, 0.717) is 5.71 Å². The molecule has 2 aromatic carbocycles. The Balaban J connectivity index is 1.92. The summed E-state index contributed by atoms with van der Waals surface area (Å²) in [6.45, 7) is 0.960. The molecule has 1 aliphatic rings. The van der Waals surface area contributed by atoms with Gasteiger partial charge in [-0.05, 0) is 37.2 Å². The number of benzene rings is 2. The minimum atomic E-state index is 0.586. The van der Waals surface area contributed by atoms with E-state index in [9.17, 15) is 0 Å². The van der Waals surface area contributed by atoms with Gasteiger partial charge in [0.2, 0.25) is 0 Å². The van der Waals surface area contributed by atoms with Crippen LogP contribution >= 0.6 is 0 Å². The summed E-state index contributed by atoms with van der Waals surface area (Å²) in [7, 11) is 4.18. The largest absolute Gasteiger partial charge is 0.305 e. The monoisotopic (exact) mass is 302 g/mol. The van der Waals surface area contributed by atoms with E-state index in [1.54, 1.807) is 0 Å². The van der Waals surface area contributed by atoms with Crippen LogP contribution in [0.1, 0.15) is 23.1 Å². The summed E-state index contributed by atoms with van der Waals surface area (Å²) in [5.74, 6) is 0. The lowest BCUT2D eigenvalue weighted by Gasteiger charge is -2.12. The number of allylic oxidation sites excluding steroid dienone is 2. The number of nitrogens with one attached hydrogen (secondary N) is 1. The van der Waals surface area contributed by atoms with Crippen LogP contribution in [0.15, 0.2) is 72.3 Å². The van der Waals surface area contributed by atoms with E-state index in [2.05, 4.69) is 49.3 Å². The van der Waals surface area contributed by atoms with Crippen LogP contribution in [-0.4, -0.2) is 31.3 Å². The lowest BCUT2D eigenvalue weighted by atomic mass is 9.93. The predicted octanol–water partition coefficient (Wildman–Crippen LogP) is 4.38. The summed E-state index contributed by atoms with van der Waals surface area (Å²) < 4.78 is 0. The van der Waals surface area contributed by atoms with Crippen molar-refractivity contribution in [2.24, 2.45) is 0 Å². The van der Waals surface area contributed by atoms with E-state index in [4.69, 9.17) is 5.41 Å². The first-order valence-electron chi connectivity index (χ1n) is 7.93. The zero-order valence-corrected chi connectivity index (χ0v) is 13.7. The first kappa shape index (κ1) is 15.4. The molecular formula is C21H22N2. The maximum atomic E-state index is 8.59. The van der Waals surface area contributed by atoms with Gasteiger partial charge in [-0.2, -0.15) is 0 Å². The third kappa shape index (κ3) is 3.49. The lowest BCUT2D eigenvalue weighted by molar-refractivity contribution is 0.449. The van der Waals surface area contributed by atoms with Crippen molar-refractivity contribution in [2.45, 2.75) is 6.42 Å². The summed E-state index contributed by atoms with van der Waals surface area (Å²) in [6.07, 6.45) is 5.51. The number of nitrogens with zero attached hydrogens (tertiary/aromatic N) is 1. The van der Waals surface area contributed by atoms with Crippen molar-refractivity contribution >= 4 is 11.3 Å². The fourth-order valence-electron chi connectivity index (χ4n) is 2.99. The zero-order chi connectivity index (χ0) is 16.2. The molecule has 0 bridgehead atoms. The average Bonchev–Trinajstić information content (AvgIpc) is 3.02. The van der Waals surface area contributed by atoms with Crippen LogP contribution in [0.5, 0.6) is 0 Å². The zero-order valence-electron chi connectivity index (χ0n) is 13.7. The minimum absolute atomic E-state index is 0.586. The number of rotatable bonds is 5. The van der Waals surface area contributed by atoms with Crippen molar-refractivity contribution in [3.05, 3.63) is 89.0 Å². The normalized spacial score (nSPS) is 13.9. The van der Waals surface area contributed by atoms with Crippen LogP contribution in [0.4, 0.5) is 0 Å². The molecule has 2 nitrogen and oxygen atoms in total. The molecule has 0 radical (unpaired) electrons. The molecule has 0 saturated heterocycles. The van der Waals surface area contributed by atoms with Crippen molar-refractivity contribution in [1.82, 2.24) is 4.90 Å². The molecule has 1 aliphatic carbocycles. The highest BCUT2D eigenvalue weighted by atomic mass is 15.0. The molecule has 0 fully saturated rings. The highest BCUT2D eigenvalue weighted by Gasteiger charge is 2.15. The van der Waals surface area contributed by atoms with Gasteiger partial charge in [-0.3, -0.25) is 5.41 Å². The van der Waals surface area contributed by atoms with E-state index >= 15 is 0 Å². The summed E-state index contributed by atoms with van der Waals surface area (Å²) in [5.41, 5.74) is 6.38. The third-order valence-electron chi connectivity index (χ3n) is 4.05. The maximum Gasteiger partial charge on any atom is 0.0690 e. The van der Waals surface area contributed by atoms with Gasteiger partial charge in [-0.15, -0.1) is 0 Å². The molecule has 0 aliphatic heterocycles. The fraction of sp³-hybridized carbons (Fsp3) is 0.190. The molecule has 0 spiro atoms. The number of hydrogen-bond donors (Lipinski definition) is 1.